The standard InChI is InChI=1S/C18H21N3O6S/c1-21(12-8-9-28(25,26)11-12)16(22)10-27-17(23)7-6-15-19-14-5-3-2-4-13(14)18(24)20-15/h2-5,12H,6-11H2,1H3,(H,19,20,24)/t12-/m1/s1. The summed E-state index contributed by atoms with van der Waals surface area (Å²) in [5, 5.41) is 0.469. The number of esters is 1. The molecule has 1 atom stereocenters. The molecule has 1 aromatic carbocycles. The Bertz CT molecular complexity index is 1060. The monoisotopic (exact) mass is 407 g/mol. The molecule has 1 aliphatic heterocycles. The van der Waals surface area contributed by atoms with Crippen molar-refractivity contribution in [1.82, 2.24) is 14.9 Å². The summed E-state index contributed by atoms with van der Waals surface area (Å²) in [5.74, 6) is -0.694. The number of amides is 1. The number of likely N-dealkylation sites (N-methyl/N-ethyl adjacent to an activating group) is 1. The number of nitrogens with one attached hydrogen (secondary N) is 1. The van der Waals surface area contributed by atoms with Gasteiger partial charge in [0.15, 0.2) is 16.4 Å². The highest BCUT2D eigenvalue weighted by molar-refractivity contribution is 7.91. The van der Waals surface area contributed by atoms with Crippen LogP contribution in [0.4, 0.5) is 0 Å². The molecule has 1 aliphatic rings. The lowest BCUT2D eigenvalue weighted by atomic mass is 10.2. The summed E-state index contributed by atoms with van der Waals surface area (Å²) in [5.41, 5.74) is 0.259. The highest BCUT2D eigenvalue weighted by Gasteiger charge is 2.32. The zero-order valence-corrected chi connectivity index (χ0v) is 16.2. The molecule has 0 spiro atoms. The van der Waals surface area contributed by atoms with Crippen LogP contribution in [0, 0.1) is 0 Å². The van der Waals surface area contributed by atoms with E-state index < -0.39 is 28.3 Å². The number of hydrogen-bond donors (Lipinski definition) is 1. The van der Waals surface area contributed by atoms with E-state index in [0.29, 0.717) is 23.1 Å². The van der Waals surface area contributed by atoms with Crippen molar-refractivity contribution in [1.29, 1.82) is 0 Å². The molecule has 1 amide bonds. The Kier molecular flexibility index (Phi) is 5.78. The van der Waals surface area contributed by atoms with Crippen LogP contribution in [0.1, 0.15) is 18.7 Å². The van der Waals surface area contributed by atoms with E-state index in [1.54, 1.807) is 24.3 Å². The fraction of sp³-hybridized carbons (Fsp3) is 0.444. The fourth-order valence-electron chi connectivity index (χ4n) is 3.07. The number of rotatable bonds is 6. The fourth-order valence-corrected chi connectivity index (χ4v) is 4.85. The van der Waals surface area contributed by atoms with Gasteiger partial charge in [0.1, 0.15) is 5.82 Å². The molecule has 2 heterocycles. The number of aromatic amines is 1. The van der Waals surface area contributed by atoms with Gasteiger partial charge in [-0.1, -0.05) is 12.1 Å². The normalized spacial score (nSPS) is 18.1. The number of fused-ring (bicyclic) bond motifs is 1. The van der Waals surface area contributed by atoms with Crippen LogP contribution in [0.2, 0.25) is 0 Å². The maximum Gasteiger partial charge on any atom is 0.306 e. The highest BCUT2D eigenvalue weighted by atomic mass is 32.2. The second-order valence-electron chi connectivity index (χ2n) is 6.75. The Morgan fingerprint density at radius 1 is 1.32 bits per heavy atom. The van der Waals surface area contributed by atoms with E-state index in [1.807, 2.05) is 0 Å². The molecule has 0 aliphatic carbocycles. The minimum atomic E-state index is -3.10. The Balaban J connectivity index is 1.49. The van der Waals surface area contributed by atoms with Crippen LogP contribution >= 0.6 is 0 Å². The van der Waals surface area contributed by atoms with Crippen LogP contribution in [0.25, 0.3) is 10.9 Å². The number of benzene rings is 1. The van der Waals surface area contributed by atoms with Gasteiger partial charge < -0.3 is 14.6 Å². The van der Waals surface area contributed by atoms with Crippen molar-refractivity contribution in [2.24, 2.45) is 0 Å². The van der Waals surface area contributed by atoms with Crippen molar-refractivity contribution in [3.63, 3.8) is 0 Å². The summed E-state index contributed by atoms with van der Waals surface area (Å²) in [4.78, 5) is 44.3. The molecule has 10 heteroatoms. The first-order valence-electron chi connectivity index (χ1n) is 8.85. The van der Waals surface area contributed by atoms with Crippen LogP contribution < -0.4 is 5.56 Å². The predicted octanol–water partition coefficient (Wildman–Crippen LogP) is 0.0444. The Morgan fingerprint density at radius 2 is 2.07 bits per heavy atom. The number of para-hydroxylation sites is 1. The second kappa shape index (κ2) is 8.09. The van der Waals surface area contributed by atoms with Crippen molar-refractivity contribution in [3.8, 4) is 0 Å². The number of hydrogen-bond acceptors (Lipinski definition) is 7. The van der Waals surface area contributed by atoms with Gasteiger partial charge in [-0.2, -0.15) is 0 Å². The third-order valence-electron chi connectivity index (χ3n) is 4.73. The summed E-state index contributed by atoms with van der Waals surface area (Å²) in [6.45, 7) is -0.451. The van der Waals surface area contributed by atoms with Crippen molar-refractivity contribution in [3.05, 3.63) is 40.4 Å². The van der Waals surface area contributed by atoms with Crippen LogP contribution in [-0.2, 0) is 30.6 Å². The van der Waals surface area contributed by atoms with Gasteiger partial charge in [-0.15, -0.1) is 0 Å². The van der Waals surface area contributed by atoms with E-state index in [1.165, 1.54) is 11.9 Å². The van der Waals surface area contributed by atoms with Crippen LogP contribution in [0.3, 0.4) is 0 Å². The molecule has 9 nitrogen and oxygen atoms in total. The number of H-pyrrole nitrogens is 1. The molecule has 28 heavy (non-hydrogen) atoms. The zero-order chi connectivity index (χ0) is 20.3. The molecule has 1 aromatic heterocycles. The van der Waals surface area contributed by atoms with Crippen molar-refractivity contribution < 1.29 is 22.7 Å². The number of nitrogens with zero attached hydrogens (tertiary/aromatic N) is 2. The van der Waals surface area contributed by atoms with E-state index in [9.17, 15) is 22.8 Å². The summed E-state index contributed by atoms with van der Waals surface area (Å²) < 4.78 is 28.0. The lowest BCUT2D eigenvalue weighted by Crippen LogP contribution is -2.40. The van der Waals surface area contributed by atoms with Gasteiger partial charge in [0.25, 0.3) is 11.5 Å². The van der Waals surface area contributed by atoms with Crippen LogP contribution in [0.15, 0.2) is 29.1 Å². The van der Waals surface area contributed by atoms with Crippen molar-refractivity contribution >= 4 is 32.6 Å². The third-order valence-corrected chi connectivity index (χ3v) is 6.48. The molecule has 1 fully saturated rings. The average Bonchev–Trinajstić information content (AvgIpc) is 3.03. The lowest BCUT2D eigenvalue weighted by molar-refractivity contribution is -0.152. The summed E-state index contributed by atoms with van der Waals surface area (Å²) in [6, 6.07) is 6.50. The van der Waals surface area contributed by atoms with Gasteiger partial charge in [0.05, 0.1) is 28.8 Å². The molecule has 150 valence electrons. The molecular formula is C18H21N3O6S. The molecule has 3 rings (SSSR count). The van der Waals surface area contributed by atoms with Gasteiger partial charge in [-0.05, 0) is 18.6 Å². The third kappa shape index (κ3) is 4.75. The minimum absolute atomic E-state index is 0.0456. The number of aryl methyl sites for hydroxylation is 1. The van der Waals surface area contributed by atoms with Gasteiger partial charge in [-0.25, -0.2) is 13.4 Å². The van der Waals surface area contributed by atoms with Gasteiger partial charge in [0, 0.05) is 19.5 Å². The summed E-state index contributed by atoms with van der Waals surface area (Å²) in [7, 11) is -1.60. The number of ether oxygens (including phenoxy) is 1. The molecule has 0 unspecified atom stereocenters. The SMILES string of the molecule is CN(C(=O)COC(=O)CCc1nc2ccccc2c(=O)[nH]1)[C@@H]1CCS(=O)(=O)C1. The average molecular weight is 407 g/mol. The first-order chi connectivity index (χ1) is 13.2. The molecular weight excluding hydrogens is 386 g/mol. The van der Waals surface area contributed by atoms with Gasteiger partial charge in [0.2, 0.25) is 0 Å². The molecule has 1 N–H and O–H groups in total. The summed E-state index contributed by atoms with van der Waals surface area (Å²) in [6.07, 6.45) is 0.513. The molecule has 1 saturated heterocycles. The van der Waals surface area contributed by atoms with E-state index in [0.717, 1.165) is 0 Å². The molecule has 2 aromatic rings. The lowest BCUT2D eigenvalue weighted by Gasteiger charge is -2.23. The maximum absolute atomic E-state index is 12.1. The number of carbonyl (C=O) groups is 2. The molecule has 0 radical (unpaired) electrons. The van der Waals surface area contributed by atoms with Gasteiger partial charge >= 0.3 is 5.97 Å². The molecule has 0 bridgehead atoms. The smallest absolute Gasteiger partial charge is 0.306 e. The topological polar surface area (TPSA) is 126 Å². The zero-order valence-electron chi connectivity index (χ0n) is 15.4. The van der Waals surface area contributed by atoms with Crippen molar-refractivity contribution in [2.75, 3.05) is 25.2 Å². The minimum Gasteiger partial charge on any atom is -0.456 e. The Hall–Kier alpha value is -2.75. The Morgan fingerprint density at radius 3 is 2.79 bits per heavy atom. The van der Waals surface area contributed by atoms with Crippen molar-refractivity contribution in [2.45, 2.75) is 25.3 Å². The largest absolute Gasteiger partial charge is 0.456 e. The number of aromatic nitrogens is 2. The summed E-state index contributed by atoms with van der Waals surface area (Å²) >= 11 is 0. The van der Waals surface area contributed by atoms with E-state index in [2.05, 4.69) is 9.97 Å². The van der Waals surface area contributed by atoms with E-state index in [4.69, 9.17) is 4.74 Å². The maximum atomic E-state index is 12.1. The van der Waals surface area contributed by atoms with E-state index in [-0.39, 0.29) is 35.9 Å². The number of sulfone groups is 1. The highest BCUT2D eigenvalue weighted by Crippen LogP contribution is 2.16. The molecule has 0 saturated carbocycles. The van der Waals surface area contributed by atoms with Crippen LogP contribution in [0.5, 0.6) is 0 Å². The first-order valence-corrected chi connectivity index (χ1v) is 10.7. The predicted molar refractivity (Wildman–Crippen MR) is 101 cm³/mol. The second-order valence-corrected chi connectivity index (χ2v) is 8.98. The van der Waals surface area contributed by atoms with E-state index >= 15 is 0 Å². The first kappa shape index (κ1) is 20.0. The van der Waals surface area contributed by atoms with Crippen LogP contribution in [-0.4, -0.2) is 66.4 Å². The quantitative estimate of drug-likeness (QED) is 0.670. The Labute approximate surface area is 161 Å². The van der Waals surface area contributed by atoms with Gasteiger partial charge in [-0.3, -0.25) is 14.4 Å². The number of carbonyl (C=O) groups excluding carboxylic acids is 2.